The summed E-state index contributed by atoms with van der Waals surface area (Å²) in [7, 11) is 4.16. The van der Waals surface area contributed by atoms with E-state index in [1.54, 1.807) is 42.2 Å². The van der Waals surface area contributed by atoms with Gasteiger partial charge in [0.2, 0.25) is 5.91 Å². The number of fused-ring (bicyclic) bond motifs is 6. The van der Waals surface area contributed by atoms with Gasteiger partial charge in [-0.3, -0.25) is 9.59 Å². The second-order valence-corrected chi connectivity index (χ2v) is 17.5. The number of hydrogen-bond donors (Lipinski definition) is 4. The number of amides is 4. The van der Waals surface area contributed by atoms with Gasteiger partial charge in [-0.15, -0.1) is 0 Å². The van der Waals surface area contributed by atoms with Crippen molar-refractivity contribution in [3.63, 3.8) is 0 Å². The Morgan fingerprint density at radius 1 is 0.941 bits per heavy atom. The molecule has 0 bridgehead atoms. The summed E-state index contributed by atoms with van der Waals surface area (Å²) >= 11 is 0. The Morgan fingerprint density at radius 2 is 1.71 bits per heavy atom. The molecule has 5 aromatic rings. The monoisotopic (exact) mass is 924 g/mol. The normalized spacial score (nSPS) is 17.7. The van der Waals surface area contributed by atoms with E-state index in [4.69, 9.17) is 28.9 Å². The lowest BCUT2D eigenvalue weighted by Gasteiger charge is -2.35. The molecule has 0 radical (unpaired) electrons. The minimum Gasteiger partial charge on any atom is -0.488 e. The van der Waals surface area contributed by atoms with E-state index >= 15 is 0 Å². The highest BCUT2D eigenvalue weighted by molar-refractivity contribution is 5.89. The van der Waals surface area contributed by atoms with E-state index in [2.05, 4.69) is 76.6 Å². The van der Waals surface area contributed by atoms with Crippen LogP contribution in [0.2, 0.25) is 0 Å². The van der Waals surface area contributed by atoms with Gasteiger partial charge >= 0.3 is 12.2 Å². The zero-order valence-electron chi connectivity index (χ0n) is 39.7. The number of carbonyl (C=O) groups excluding carboxylic acids is 4. The van der Waals surface area contributed by atoms with Crippen LogP contribution in [0.5, 0.6) is 5.75 Å². The first kappa shape index (κ1) is 47.3. The molecule has 356 valence electrons. The van der Waals surface area contributed by atoms with E-state index in [0.29, 0.717) is 43.4 Å². The molecule has 2 aromatic heterocycles. The second kappa shape index (κ2) is 20.3. The Kier molecular flexibility index (Phi) is 14.2. The van der Waals surface area contributed by atoms with Gasteiger partial charge in [-0.2, -0.15) is 0 Å². The maximum absolute atomic E-state index is 14.4. The van der Waals surface area contributed by atoms with Crippen molar-refractivity contribution in [2.75, 3.05) is 34.5 Å². The third-order valence-corrected chi connectivity index (χ3v) is 13.3. The number of rotatable bonds is 15. The summed E-state index contributed by atoms with van der Waals surface area (Å²) < 4.78 is 21.7. The van der Waals surface area contributed by atoms with Gasteiger partial charge in [0, 0.05) is 36.4 Å². The van der Waals surface area contributed by atoms with Crippen molar-refractivity contribution in [3.8, 4) is 39.4 Å². The van der Waals surface area contributed by atoms with Gasteiger partial charge in [0.15, 0.2) is 0 Å². The smallest absolute Gasteiger partial charge is 0.407 e. The summed E-state index contributed by atoms with van der Waals surface area (Å²) in [6, 6.07) is 16.6. The molecule has 0 spiro atoms. The molecule has 68 heavy (non-hydrogen) atoms. The average Bonchev–Trinajstić information content (AvgIpc) is 4.11. The van der Waals surface area contributed by atoms with Gasteiger partial charge in [0.05, 0.1) is 50.5 Å². The molecule has 6 atom stereocenters. The molecule has 8 rings (SSSR count). The lowest BCUT2D eigenvalue weighted by atomic mass is 9.86. The zero-order chi connectivity index (χ0) is 48.2. The number of nitrogens with zero attached hydrogens (tertiary/aromatic N) is 4. The van der Waals surface area contributed by atoms with Crippen molar-refractivity contribution >= 4 is 24.0 Å². The van der Waals surface area contributed by atoms with Crippen LogP contribution in [0, 0.1) is 5.92 Å². The molecular weight excluding hydrogens is 865 g/mol. The fourth-order valence-corrected chi connectivity index (χ4v) is 9.67. The maximum Gasteiger partial charge on any atom is 0.407 e. The highest BCUT2D eigenvalue weighted by atomic mass is 16.5. The molecule has 16 nitrogen and oxygen atoms in total. The second-order valence-electron chi connectivity index (χ2n) is 17.5. The first-order chi connectivity index (χ1) is 32.9. The Hall–Kier alpha value is -7.20. The van der Waals surface area contributed by atoms with Gasteiger partial charge in [0.1, 0.15) is 42.1 Å². The molecule has 1 saturated heterocycles. The SMILES string of the molecule is C=C1C(COC)CN(C(=O)C(NC(=O)OC)c2ccccc2)C1c1ncc(-c2ccc3c(c2)COc2cc4c(cc2-3)CCc2[nH]c(C(C)N(C(=O)C(C)NC(=O)OC)C(C=CCC)CC)nc2-4)[nH]1. The van der Waals surface area contributed by atoms with Crippen LogP contribution in [0.15, 0.2) is 91.2 Å². The highest BCUT2D eigenvalue weighted by Gasteiger charge is 2.44. The molecule has 1 aliphatic carbocycles. The molecule has 16 heteroatoms. The summed E-state index contributed by atoms with van der Waals surface area (Å²) in [6.07, 6.45) is 7.52. The Morgan fingerprint density at radius 3 is 2.43 bits per heavy atom. The van der Waals surface area contributed by atoms with Gasteiger partial charge in [0.25, 0.3) is 5.91 Å². The minimum atomic E-state index is -1.00. The van der Waals surface area contributed by atoms with Crippen LogP contribution in [0.1, 0.15) is 92.7 Å². The number of ether oxygens (including phenoxy) is 4. The quantitative estimate of drug-likeness (QED) is 0.0743. The number of carbonyl (C=O) groups is 4. The van der Waals surface area contributed by atoms with E-state index in [1.165, 1.54) is 14.2 Å². The fraction of sp³-hybridized carbons (Fsp3) is 0.385. The number of nitrogens with one attached hydrogen (secondary N) is 4. The molecule has 4 N–H and O–H groups in total. The Labute approximate surface area is 396 Å². The number of aromatic nitrogens is 4. The molecule has 4 heterocycles. The van der Waals surface area contributed by atoms with Gasteiger partial charge in [-0.1, -0.05) is 75.0 Å². The van der Waals surface area contributed by atoms with Crippen LogP contribution in [0.25, 0.3) is 33.6 Å². The molecule has 0 saturated carbocycles. The fourth-order valence-electron chi connectivity index (χ4n) is 9.67. The molecule has 3 aromatic carbocycles. The highest BCUT2D eigenvalue weighted by Crippen LogP contribution is 2.46. The third kappa shape index (κ3) is 9.24. The lowest BCUT2D eigenvalue weighted by Crippen LogP contribution is -2.51. The topological polar surface area (TPSA) is 193 Å². The van der Waals surface area contributed by atoms with Crippen LogP contribution in [0.3, 0.4) is 0 Å². The van der Waals surface area contributed by atoms with Gasteiger partial charge in [-0.05, 0) is 91.1 Å². The van der Waals surface area contributed by atoms with Gasteiger partial charge < -0.3 is 49.3 Å². The summed E-state index contributed by atoms with van der Waals surface area (Å²) in [5, 5.41) is 5.37. The number of alkyl carbamates (subject to hydrolysis) is 2. The Bertz CT molecular complexity index is 2730. The Balaban J connectivity index is 1.05. The molecule has 2 aliphatic heterocycles. The number of likely N-dealkylation sites (tertiary alicyclic amines) is 1. The maximum atomic E-state index is 14.4. The van der Waals surface area contributed by atoms with Crippen LogP contribution in [0.4, 0.5) is 9.59 Å². The van der Waals surface area contributed by atoms with Crippen LogP contribution < -0.4 is 15.4 Å². The van der Waals surface area contributed by atoms with E-state index in [9.17, 15) is 19.2 Å². The number of benzene rings is 3. The predicted octanol–water partition coefficient (Wildman–Crippen LogP) is 8.30. The summed E-state index contributed by atoms with van der Waals surface area (Å²) in [5.74, 6) is 1.26. The van der Waals surface area contributed by atoms with Crippen molar-refractivity contribution in [1.82, 2.24) is 40.4 Å². The number of methoxy groups -OCH3 is 3. The van der Waals surface area contributed by atoms with Crippen LogP contribution >= 0.6 is 0 Å². The third-order valence-electron chi connectivity index (χ3n) is 13.3. The van der Waals surface area contributed by atoms with E-state index < -0.39 is 36.4 Å². The average molecular weight is 925 g/mol. The number of allylic oxidation sites excluding steroid dienone is 1. The predicted molar refractivity (Wildman–Crippen MR) is 256 cm³/mol. The molecular formula is C52H60N8O8. The standard InChI is InChI=1S/C52H60N8O8/c1-9-11-17-37(10-2)60(49(61)30(4)54-51(63)66-7)31(5)47-55-41-21-19-33-23-40-38-20-18-34(22-35(38)28-68-43(40)24-39(33)45(41)57-47)42-25-53-48(56-42)46-29(3)36(27-65-6)26-59(46)50(62)44(58-52(64)67-8)32-15-13-12-14-16-32/h11-18,20,22-25,30-31,36-37,44,46H,3,9-10,19,21,26-28H2,1-2,4-8H3,(H,53,56)(H,54,63)(H,55,57)(H,58,64). The van der Waals surface area contributed by atoms with Crippen LogP contribution in [-0.2, 0) is 43.2 Å². The summed E-state index contributed by atoms with van der Waals surface area (Å²) in [4.78, 5) is 73.6. The van der Waals surface area contributed by atoms with E-state index in [1.807, 2.05) is 32.0 Å². The van der Waals surface area contributed by atoms with E-state index in [0.717, 1.165) is 81.0 Å². The van der Waals surface area contributed by atoms with Crippen molar-refractivity contribution in [2.45, 2.75) is 90.2 Å². The van der Waals surface area contributed by atoms with E-state index in [-0.39, 0.29) is 23.8 Å². The van der Waals surface area contributed by atoms with Gasteiger partial charge in [-0.25, -0.2) is 19.6 Å². The van der Waals surface area contributed by atoms with Crippen molar-refractivity contribution in [1.29, 1.82) is 0 Å². The number of imidazole rings is 2. The van der Waals surface area contributed by atoms with Crippen LogP contribution in [-0.4, -0.2) is 100 Å². The molecule has 4 amide bonds. The van der Waals surface area contributed by atoms with Crippen molar-refractivity contribution < 1.29 is 38.1 Å². The zero-order valence-corrected chi connectivity index (χ0v) is 39.7. The lowest BCUT2D eigenvalue weighted by molar-refractivity contribution is -0.137. The number of aryl methyl sites for hydroxylation is 2. The van der Waals surface area contributed by atoms with Crippen molar-refractivity contribution in [3.05, 3.63) is 125 Å². The molecule has 6 unspecified atom stereocenters. The molecule has 3 aliphatic rings. The summed E-state index contributed by atoms with van der Waals surface area (Å²) in [5.41, 5.74) is 10.1. The summed E-state index contributed by atoms with van der Waals surface area (Å²) in [6.45, 7) is 13.2. The largest absolute Gasteiger partial charge is 0.488 e. The molecule has 1 fully saturated rings. The first-order valence-corrected chi connectivity index (χ1v) is 23.2. The van der Waals surface area contributed by atoms with Crippen molar-refractivity contribution in [2.24, 2.45) is 5.92 Å². The number of hydrogen-bond acceptors (Lipinski definition) is 10. The minimum absolute atomic E-state index is 0.159. The first-order valence-electron chi connectivity index (χ1n) is 23.2. The number of aromatic amines is 2. The number of H-pyrrole nitrogens is 2.